The van der Waals surface area contributed by atoms with Crippen LogP contribution in [0, 0.1) is 0 Å². The zero-order chi connectivity index (χ0) is 13.6. The van der Waals surface area contributed by atoms with E-state index >= 15 is 0 Å². The molecule has 18 heavy (non-hydrogen) atoms. The SMILES string of the molecule is C/C=C/[C@@H](CC(=O)OC)[Si](C)(C)c1ccccc1. The first-order chi connectivity index (χ1) is 8.52. The summed E-state index contributed by atoms with van der Waals surface area (Å²) in [6, 6.07) is 10.5. The van der Waals surface area contributed by atoms with Gasteiger partial charge in [0.05, 0.1) is 15.2 Å². The van der Waals surface area contributed by atoms with Gasteiger partial charge in [-0.15, -0.1) is 0 Å². The molecule has 0 spiro atoms. The van der Waals surface area contributed by atoms with E-state index in [0.717, 1.165) is 0 Å². The molecule has 0 N–H and O–H groups in total. The maximum atomic E-state index is 11.5. The molecule has 0 saturated heterocycles. The maximum absolute atomic E-state index is 11.5. The van der Waals surface area contributed by atoms with Crippen molar-refractivity contribution in [3.63, 3.8) is 0 Å². The molecule has 0 aliphatic heterocycles. The molecule has 0 saturated carbocycles. The van der Waals surface area contributed by atoms with Crippen molar-refractivity contribution in [1.82, 2.24) is 0 Å². The van der Waals surface area contributed by atoms with Gasteiger partial charge in [-0.05, 0) is 12.5 Å². The van der Waals surface area contributed by atoms with Gasteiger partial charge in [-0.3, -0.25) is 4.79 Å². The summed E-state index contributed by atoms with van der Waals surface area (Å²) in [4.78, 5) is 11.5. The van der Waals surface area contributed by atoms with Gasteiger partial charge in [0.2, 0.25) is 0 Å². The molecule has 2 nitrogen and oxygen atoms in total. The summed E-state index contributed by atoms with van der Waals surface area (Å²) in [7, 11) is -0.246. The molecule has 3 heteroatoms. The fourth-order valence-electron chi connectivity index (χ4n) is 2.14. The topological polar surface area (TPSA) is 26.3 Å². The van der Waals surface area contributed by atoms with Crippen molar-refractivity contribution < 1.29 is 9.53 Å². The third kappa shape index (κ3) is 3.57. The van der Waals surface area contributed by atoms with Gasteiger partial charge in [-0.2, -0.15) is 0 Å². The van der Waals surface area contributed by atoms with E-state index in [1.165, 1.54) is 12.3 Å². The fourth-order valence-corrected chi connectivity index (χ4v) is 4.97. The molecule has 1 atom stereocenters. The zero-order valence-electron chi connectivity index (χ0n) is 11.6. The van der Waals surface area contributed by atoms with Crippen LogP contribution < -0.4 is 5.19 Å². The zero-order valence-corrected chi connectivity index (χ0v) is 12.6. The number of esters is 1. The van der Waals surface area contributed by atoms with Crippen molar-refractivity contribution in [1.29, 1.82) is 0 Å². The van der Waals surface area contributed by atoms with E-state index in [2.05, 4.69) is 43.4 Å². The molecule has 1 aromatic rings. The van der Waals surface area contributed by atoms with Crippen LogP contribution in [0.2, 0.25) is 18.6 Å². The molecule has 0 aliphatic carbocycles. The summed E-state index contributed by atoms with van der Waals surface area (Å²) < 4.78 is 4.81. The van der Waals surface area contributed by atoms with E-state index in [1.807, 2.05) is 19.1 Å². The molecule has 1 aromatic carbocycles. The summed E-state index contributed by atoms with van der Waals surface area (Å²) in [5, 5.41) is 1.37. The van der Waals surface area contributed by atoms with Crippen molar-refractivity contribution in [2.75, 3.05) is 7.11 Å². The summed E-state index contributed by atoms with van der Waals surface area (Å²) >= 11 is 0. The second kappa shape index (κ2) is 6.54. The number of allylic oxidation sites excluding steroid dienone is 2. The standard InChI is InChI=1S/C15H22O2Si/c1-5-9-14(12-15(16)17-2)18(3,4)13-10-7-6-8-11-13/h5-11,14H,12H2,1-4H3/b9-5+/t14-/m0/s1. The third-order valence-electron chi connectivity index (χ3n) is 3.48. The Morgan fingerprint density at radius 3 is 2.44 bits per heavy atom. The van der Waals surface area contributed by atoms with Crippen LogP contribution in [0.3, 0.4) is 0 Å². The number of carbonyl (C=O) groups is 1. The third-order valence-corrected chi connectivity index (χ3v) is 7.56. The summed E-state index contributed by atoms with van der Waals surface area (Å²) in [5.41, 5.74) is 0.275. The summed E-state index contributed by atoms with van der Waals surface area (Å²) in [6.45, 7) is 6.60. The lowest BCUT2D eigenvalue weighted by Gasteiger charge is -2.30. The number of hydrogen-bond acceptors (Lipinski definition) is 2. The van der Waals surface area contributed by atoms with Crippen LogP contribution >= 0.6 is 0 Å². The minimum atomic E-state index is -1.70. The van der Waals surface area contributed by atoms with Crippen LogP contribution in [0.5, 0.6) is 0 Å². The highest BCUT2D eigenvalue weighted by molar-refractivity contribution is 6.91. The van der Waals surface area contributed by atoms with Gasteiger partial charge < -0.3 is 4.74 Å². The highest BCUT2D eigenvalue weighted by Crippen LogP contribution is 2.27. The molecule has 0 radical (unpaired) electrons. The van der Waals surface area contributed by atoms with Crippen molar-refractivity contribution >= 4 is 19.2 Å². The molecular weight excluding hydrogens is 240 g/mol. The Labute approximate surface area is 111 Å². The number of carbonyl (C=O) groups excluding carboxylic acids is 1. The second-order valence-corrected chi connectivity index (χ2v) is 9.76. The van der Waals surface area contributed by atoms with Gasteiger partial charge in [0.25, 0.3) is 0 Å². The highest BCUT2D eigenvalue weighted by Gasteiger charge is 2.33. The van der Waals surface area contributed by atoms with Gasteiger partial charge in [0.15, 0.2) is 0 Å². The van der Waals surface area contributed by atoms with Crippen LogP contribution in [0.4, 0.5) is 0 Å². The van der Waals surface area contributed by atoms with Crippen LogP contribution in [0.25, 0.3) is 0 Å². The Bertz CT molecular complexity index is 410. The minimum absolute atomic E-state index is 0.130. The first kappa shape index (κ1) is 14.7. The molecule has 0 heterocycles. The maximum Gasteiger partial charge on any atom is 0.305 e. The van der Waals surface area contributed by atoms with Gasteiger partial charge >= 0.3 is 5.97 Å². The molecular formula is C15H22O2Si. The van der Waals surface area contributed by atoms with E-state index < -0.39 is 8.07 Å². The van der Waals surface area contributed by atoms with E-state index in [4.69, 9.17) is 4.74 Å². The average molecular weight is 262 g/mol. The van der Waals surface area contributed by atoms with Gasteiger partial charge in [0, 0.05) is 6.42 Å². The lowest BCUT2D eigenvalue weighted by Crippen LogP contribution is -2.46. The Kier molecular flexibility index (Phi) is 5.35. The molecule has 0 unspecified atom stereocenters. The number of methoxy groups -OCH3 is 1. The molecule has 0 fully saturated rings. The van der Waals surface area contributed by atoms with Crippen LogP contribution in [-0.4, -0.2) is 21.2 Å². The van der Waals surface area contributed by atoms with Crippen LogP contribution in [0.1, 0.15) is 13.3 Å². The summed E-state index contributed by atoms with van der Waals surface area (Å²) in [6.07, 6.45) is 4.65. The number of hydrogen-bond donors (Lipinski definition) is 0. The highest BCUT2D eigenvalue weighted by atomic mass is 28.3. The number of ether oxygens (including phenoxy) is 1. The Morgan fingerprint density at radius 1 is 1.33 bits per heavy atom. The number of rotatable bonds is 5. The molecule has 0 amide bonds. The van der Waals surface area contributed by atoms with Crippen LogP contribution in [0.15, 0.2) is 42.5 Å². The van der Waals surface area contributed by atoms with E-state index in [0.29, 0.717) is 6.42 Å². The van der Waals surface area contributed by atoms with E-state index in [9.17, 15) is 4.79 Å². The van der Waals surface area contributed by atoms with Gasteiger partial charge in [-0.25, -0.2) is 0 Å². The first-order valence-corrected chi connectivity index (χ1v) is 9.35. The quantitative estimate of drug-likeness (QED) is 0.463. The fraction of sp³-hybridized carbons (Fsp3) is 0.400. The average Bonchev–Trinajstić information content (AvgIpc) is 2.39. The van der Waals surface area contributed by atoms with Crippen molar-refractivity contribution in [3.05, 3.63) is 42.5 Å². The molecule has 0 bridgehead atoms. The lowest BCUT2D eigenvalue weighted by molar-refractivity contribution is -0.140. The monoisotopic (exact) mass is 262 g/mol. The van der Waals surface area contributed by atoms with Gasteiger partial charge in [-0.1, -0.05) is 60.8 Å². The smallest absolute Gasteiger partial charge is 0.305 e. The van der Waals surface area contributed by atoms with Crippen LogP contribution in [-0.2, 0) is 9.53 Å². The summed E-state index contributed by atoms with van der Waals surface area (Å²) in [5.74, 6) is -0.130. The van der Waals surface area contributed by atoms with Crippen molar-refractivity contribution in [2.45, 2.75) is 32.0 Å². The molecule has 0 aliphatic rings. The first-order valence-electron chi connectivity index (χ1n) is 6.27. The Hall–Kier alpha value is -1.35. The van der Waals surface area contributed by atoms with Crippen molar-refractivity contribution in [2.24, 2.45) is 0 Å². The lowest BCUT2D eigenvalue weighted by atomic mass is 10.3. The Morgan fingerprint density at radius 2 is 1.94 bits per heavy atom. The predicted molar refractivity (Wildman–Crippen MR) is 78.8 cm³/mol. The Balaban J connectivity index is 3.00. The molecule has 98 valence electrons. The second-order valence-electron chi connectivity index (χ2n) is 5.00. The van der Waals surface area contributed by atoms with Gasteiger partial charge in [0.1, 0.15) is 0 Å². The minimum Gasteiger partial charge on any atom is -0.469 e. The number of benzene rings is 1. The molecule has 0 aromatic heterocycles. The van der Waals surface area contributed by atoms with E-state index in [-0.39, 0.29) is 11.5 Å². The normalized spacial score (nSPS) is 13.6. The van der Waals surface area contributed by atoms with E-state index in [1.54, 1.807) is 0 Å². The largest absolute Gasteiger partial charge is 0.469 e. The van der Waals surface area contributed by atoms with Crippen molar-refractivity contribution in [3.8, 4) is 0 Å². The predicted octanol–water partition coefficient (Wildman–Crippen LogP) is 3.11. The molecule has 1 rings (SSSR count).